The Hall–Kier alpha value is -2.00. The van der Waals surface area contributed by atoms with Crippen molar-refractivity contribution in [2.75, 3.05) is 5.32 Å². The number of hydrogen-bond acceptors (Lipinski definition) is 3. The lowest BCUT2D eigenvalue weighted by Gasteiger charge is -2.12. The summed E-state index contributed by atoms with van der Waals surface area (Å²) in [5.74, 6) is 2.56. The van der Waals surface area contributed by atoms with Crippen molar-refractivity contribution in [1.29, 1.82) is 5.26 Å². The molecular formula is C12H13N3. The Bertz CT molecular complexity index is 449. The van der Waals surface area contributed by atoms with Gasteiger partial charge >= 0.3 is 0 Å². The first kappa shape index (κ1) is 11.1. The molecule has 1 aromatic rings. The summed E-state index contributed by atoms with van der Waals surface area (Å²) in [7, 11) is 0. The van der Waals surface area contributed by atoms with Crippen LogP contribution >= 0.6 is 0 Å². The number of terminal acetylenes is 1. The maximum absolute atomic E-state index is 8.99. The van der Waals surface area contributed by atoms with Crippen molar-refractivity contribution in [3.63, 3.8) is 0 Å². The van der Waals surface area contributed by atoms with Gasteiger partial charge in [-0.25, -0.2) is 0 Å². The quantitative estimate of drug-likeness (QED) is 0.741. The second-order valence-electron chi connectivity index (χ2n) is 3.42. The highest BCUT2D eigenvalue weighted by Gasteiger charge is 2.08. The number of aromatic nitrogens is 1. The van der Waals surface area contributed by atoms with Gasteiger partial charge in [0.1, 0.15) is 6.07 Å². The lowest BCUT2D eigenvalue weighted by molar-refractivity contribution is 1.02. The molecular weight excluding hydrogens is 186 g/mol. The van der Waals surface area contributed by atoms with Crippen LogP contribution in [0, 0.1) is 37.5 Å². The maximum Gasteiger partial charge on any atom is 0.103 e. The molecule has 0 saturated heterocycles. The van der Waals surface area contributed by atoms with E-state index in [1.165, 1.54) is 0 Å². The molecule has 0 amide bonds. The lowest BCUT2D eigenvalue weighted by Crippen LogP contribution is -2.14. The number of pyridine rings is 1. The van der Waals surface area contributed by atoms with E-state index in [9.17, 15) is 0 Å². The third kappa shape index (κ3) is 2.48. The second-order valence-corrected chi connectivity index (χ2v) is 3.42. The van der Waals surface area contributed by atoms with E-state index in [0.29, 0.717) is 5.56 Å². The van der Waals surface area contributed by atoms with Crippen molar-refractivity contribution in [2.45, 2.75) is 26.8 Å². The van der Waals surface area contributed by atoms with Crippen molar-refractivity contribution in [1.82, 2.24) is 4.98 Å². The Morgan fingerprint density at radius 2 is 2.20 bits per heavy atom. The fourth-order valence-electron chi connectivity index (χ4n) is 1.36. The predicted octanol–water partition coefficient (Wildman–Crippen LogP) is 2.00. The molecule has 1 rings (SSSR count). The van der Waals surface area contributed by atoms with Crippen molar-refractivity contribution in [3.8, 4) is 18.4 Å². The molecule has 0 aliphatic rings. The van der Waals surface area contributed by atoms with E-state index in [1.54, 1.807) is 0 Å². The zero-order valence-electron chi connectivity index (χ0n) is 9.13. The average Bonchev–Trinajstić information content (AvgIpc) is 2.17. The van der Waals surface area contributed by atoms with Crippen LogP contribution in [0.1, 0.15) is 23.9 Å². The van der Waals surface area contributed by atoms with Crippen LogP contribution in [-0.2, 0) is 0 Å². The summed E-state index contributed by atoms with van der Waals surface area (Å²) in [5, 5.41) is 12.1. The molecule has 1 heterocycles. The minimum atomic E-state index is -0.0988. The summed E-state index contributed by atoms with van der Waals surface area (Å²) in [6.07, 6.45) is 5.28. The van der Waals surface area contributed by atoms with E-state index in [-0.39, 0.29) is 6.04 Å². The molecule has 0 aliphatic carbocycles. The summed E-state index contributed by atoms with van der Waals surface area (Å²) in [6, 6.07) is 3.86. The molecule has 0 radical (unpaired) electrons. The minimum Gasteiger partial charge on any atom is -0.371 e. The highest BCUT2D eigenvalue weighted by Crippen LogP contribution is 2.19. The standard InChI is InChI=1S/C12H13N3/c1-5-8(2)15-12-6-9(3)14-10(4)11(12)7-13/h1,6,8H,2-4H3,(H,14,15). The molecule has 0 aromatic carbocycles. The van der Waals surface area contributed by atoms with Gasteiger partial charge in [0.25, 0.3) is 0 Å². The van der Waals surface area contributed by atoms with Gasteiger partial charge in [0.15, 0.2) is 0 Å². The first-order chi connectivity index (χ1) is 7.08. The molecule has 3 nitrogen and oxygen atoms in total. The zero-order valence-corrected chi connectivity index (χ0v) is 9.13. The zero-order chi connectivity index (χ0) is 11.4. The van der Waals surface area contributed by atoms with Crippen molar-refractivity contribution in [2.24, 2.45) is 0 Å². The predicted molar refractivity (Wildman–Crippen MR) is 60.3 cm³/mol. The van der Waals surface area contributed by atoms with Gasteiger partial charge in [-0.15, -0.1) is 6.42 Å². The molecule has 15 heavy (non-hydrogen) atoms. The van der Waals surface area contributed by atoms with Crippen LogP contribution < -0.4 is 5.32 Å². The van der Waals surface area contributed by atoms with Gasteiger partial charge in [-0.2, -0.15) is 5.26 Å². The third-order valence-electron chi connectivity index (χ3n) is 2.06. The van der Waals surface area contributed by atoms with Crippen LogP contribution in [0.25, 0.3) is 0 Å². The normalized spacial score (nSPS) is 11.3. The van der Waals surface area contributed by atoms with Crippen molar-refractivity contribution >= 4 is 5.69 Å². The second kappa shape index (κ2) is 4.48. The fraction of sp³-hybridized carbons (Fsp3) is 0.333. The van der Waals surface area contributed by atoms with Gasteiger partial charge in [-0.1, -0.05) is 5.92 Å². The van der Waals surface area contributed by atoms with Gasteiger partial charge in [-0.05, 0) is 26.8 Å². The molecule has 0 saturated carbocycles. The van der Waals surface area contributed by atoms with E-state index in [2.05, 4.69) is 22.3 Å². The highest BCUT2D eigenvalue weighted by molar-refractivity contribution is 5.60. The SMILES string of the molecule is C#CC(C)Nc1cc(C)nc(C)c1C#N. The Balaban J connectivity index is 3.18. The first-order valence-electron chi connectivity index (χ1n) is 4.69. The van der Waals surface area contributed by atoms with Crippen LogP contribution in [0.3, 0.4) is 0 Å². The molecule has 76 valence electrons. The summed E-state index contributed by atoms with van der Waals surface area (Å²) in [6.45, 7) is 5.57. The van der Waals surface area contributed by atoms with Gasteiger partial charge < -0.3 is 5.32 Å². The molecule has 0 bridgehead atoms. The van der Waals surface area contributed by atoms with E-state index in [4.69, 9.17) is 11.7 Å². The summed E-state index contributed by atoms with van der Waals surface area (Å²) in [4.78, 5) is 4.22. The molecule has 0 fully saturated rings. The maximum atomic E-state index is 8.99. The first-order valence-corrected chi connectivity index (χ1v) is 4.69. The van der Waals surface area contributed by atoms with E-state index in [0.717, 1.165) is 17.1 Å². The molecule has 1 unspecified atom stereocenters. The fourth-order valence-corrected chi connectivity index (χ4v) is 1.36. The lowest BCUT2D eigenvalue weighted by atomic mass is 10.1. The Labute approximate surface area is 90.1 Å². The van der Waals surface area contributed by atoms with Crippen LogP contribution in [0.2, 0.25) is 0 Å². The van der Waals surface area contributed by atoms with Crippen molar-refractivity contribution < 1.29 is 0 Å². The van der Waals surface area contributed by atoms with Crippen LogP contribution in [0.5, 0.6) is 0 Å². The molecule has 0 aliphatic heterocycles. The number of nitrogens with zero attached hydrogens (tertiary/aromatic N) is 2. The average molecular weight is 199 g/mol. The number of hydrogen-bond donors (Lipinski definition) is 1. The highest BCUT2D eigenvalue weighted by atomic mass is 14.9. The third-order valence-corrected chi connectivity index (χ3v) is 2.06. The van der Waals surface area contributed by atoms with Gasteiger partial charge in [-0.3, -0.25) is 4.98 Å². The van der Waals surface area contributed by atoms with Crippen LogP contribution in [0.4, 0.5) is 5.69 Å². The summed E-state index contributed by atoms with van der Waals surface area (Å²) < 4.78 is 0. The van der Waals surface area contributed by atoms with Crippen LogP contribution in [-0.4, -0.2) is 11.0 Å². The van der Waals surface area contributed by atoms with Gasteiger partial charge in [0.2, 0.25) is 0 Å². The van der Waals surface area contributed by atoms with Crippen molar-refractivity contribution in [3.05, 3.63) is 23.0 Å². The largest absolute Gasteiger partial charge is 0.371 e. The molecule has 0 spiro atoms. The number of rotatable bonds is 2. The summed E-state index contributed by atoms with van der Waals surface area (Å²) >= 11 is 0. The van der Waals surface area contributed by atoms with E-state index in [1.807, 2.05) is 26.8 Å². The number of aryl methyl sites for hydroxylation is 2. The Morgan fingerprint density at radius 1 is 1.53 bits per heavy atom. The van der Waals surface area contributed by atoms with Gasteiger partial charge in [0, 0.05) is 5.69 Å². The topological polar surface area (TPSA) is 48.7 Å². The molecule has 1 aromatic heterocycles. The molecule has 1 atom stereocenters. The van der Waals surface area contributed by atoms with Gasteiger partial charge in [0.05, 0.1) is 23.0 Å². The number of nitriles is 1. The molecule has 3 heteroatoms. The Morgan fingerprint density at radius 3 is 2.73 bits per heavy atom. The molecule has 1 N–H and O–H groups in total. The minimum absolute atomic E-state index is 0.0988. The Kier molecular flexibility index (Phi) is 3.31. The number of anilines is 1. The smallest absolute Gasteiger partial charge is 0.103 e. The number of nitrogens with one attached hydrogen (secondary N) is 1. The van der Waals surface area contributed by atoms with E-state index >= 15 is 0 Å². The van der Waals surface area contributed by atoms with E-state index < -0.39 is 0 Å². The van der Waals surface area contributed by atoms with Crippen LogP contribution in [0.15, 0.2) is 6.07 Å². The summed E-state index contributed by atoms with van der Waals surface area (Å²) in [5.41, 5.74) is 2.91. The monoisotopic (exact) mass is 199 g/mol.